The fourth-order valence-corrected chi connectivity index (χ4v) is 3.94. The number of fused-ring (bicyclic) bond motifs is 1. The van der Waals surface area contributed by atoms with Crippen molar-refractivity contribution in [2.45, 2.75) is 32.6 Å². The van der Waals surface area contributed by atoms with Crippen LogP contribution in [0.5, 0.6) is 5.75 Å². The first kappa shape index (κ1) is 23.4. The summed E-state index contributed by atoms with van der Waals surface area (Å²) in [5.74, 6) is 2.01. The summed E-state index contributed by atoms with van der Waals surface area (Å²) in [5.41, 5.74) is 3.00. The van der Waals surface area contributed by atoms with Gasteiger partial charge in [-0.15, -0.1) is 0 Å². The van der Waals surface area contributed by atoms with Crippen molar-refractivity contribution in [1.82, 2.24) is 10.3 Å². The Morgan fingerprint density at radius 3 is 2.64 bits per heavy atom. The van der Waals surface area contributed by atoms with Gasteiger partial charge < -0.3 is 28.9 Å². The standard InChI is InChI=1S/C27H25N3O6/c1-16-21(14-28-25(31)24-13-18-5-3-4-6-22(18)36-24)30-27(34-16)17-7-9-19(10-8-17)29-26(32)23-12-11-20(35-23)15-33-2/h3-12,24H,13-15H2,1-2H3,(H,28,31)(H,29,32)/t24-/m0/s1. The summed E-state index contributed by atoms with van der Waals surface area (Å²) in [6, 6.07) is 18.0. The molecule has 0 saturated carbocycles. The number of anilines is 1. The molecule has 0 aliphatic carbocycles. The third kappa shape index (κ3) is 5.01. The lowest BCUT2D eigenvalue weighted by atomic mass is 10.1. The number of ether oxygens (including phenoxy) is 2. The first-order chi connectivity index (χ1) is 17.5. The van der Waals surface area contributed by atoms with E-state index in [1.165, 1.54) is 0 Å². The maximum atomic E-state index is 12.6. The molecule has 3 heterocycles. The van der Waals surface area contributed by atoms with Gasteiger partial charge in [-0.2, -0.15) is 0 Å². The van der Waals surface area contributed by atoms with Gasteiger partial charge in [0.25, 0.3) is 11.8 Å². The second-order valence-corrected chi connectivity index (χ2v) is 8.39. The number of nitrogens with zero attached hydrogens (tertiary/aromatic N) is 1. The van der Waals surface area contributed by atoms with Gasteiger partial charge in [-0.05, 0) is 55.0 Å². The summed E-state index contributed by atoms with van der Waals surface area (Å²) in [4.78, 5) is 29.5. The van der Waals surface area contributed by atoms with Crippen LogP contribution in [0.15, 0.2) is 69.5 Å². The molecule has 9 nitrogen and oxygen atoms in total. The number of carbonyl (C=O) groups excluding carboxylic acids is 2. The topological polar surface area (TPSA) is 116 Å². The van der Waals surface area contributed by atoms with Crippen LogP contribution in [-0.4, -0.2) is 30.0 Å². The monoisotopic (exact) mass is 487 g/mol. The molecule has 1 atom stereocenters. The number of para-hydroxylation sites is 1. The smallest absolute Gasteiger partial charge is 0.291 e. The number of rotatable bonds is 8. The van der Waals surface area contributed by atoms with Crippen molar-refractivity contribution < 1.29 is 27.9 Å². The molecule has 36 heavy (non-hydrogen) atoms. The molecule has 1 aliphatic rings. The zero-order valence-corrected chi connectivity index (χ0v) is 19.9. The van der Waals surface area contributed by atoms with Gasteiger partial charge in [-0.25, -0.2) is 4.98 Å². The van der Waals surface area contributed by atoms with Crippen molar-refractivity contribution in [3.63, 3.8) is 0 Å². The Bertz CT molecular complexity index is 1360. The van der Waals surface area contributed by atoms with Crippen LogP contribution in [0, 0.1) is 6.92 Å². The Hall–Kier alpha value is -4.37. The zero-order valence-electron chi connectivity index (χ0n) is 19.9. The van der Waals surface area contributed by atoms with Gasteiger partial charge >= 0.3 is 0 Å². The van der Waals surface area contributed by atoms with Crippen LogP contribution in [0.1, 0.15) is 33.3 Å². The summed E-state index contributed by atoms with van der Waals surface area (Å²) in [7, 11) is 1.56. The second-order valence-electron chi connectivity index (χ2n) is 8.39. The molecule has 2 N–H and O–H groups in total. The molecule has 0 spiro atoms. The third-order valence-electron chi connectivity index (χ3n) is 5.82. The largest absolute Gasteiger partial charge is 0.480 e. The summed E-state index contributed by atoms with van der Waals surface area (Å²) < 4.78 is 22.0. The van der Waals surface area contributed by atoms with E-state index in [4.69, 9.17) is 18.3 Å². The fourth-order valence-electron chi connectivity index (χ4n) is 3.94. The maximum absolute atomic E-state index is 12.6. The lowest BCUT2D eigenvalue weighted by Gasteiger charge is -2.10. The van der Waals surface area contributed by atoms with Gasteiger partial charge in [-0.1, -0.05) is 18.2 Å². The van der Waals surface area contributed by atoms with Crippen molar-refractivity contribution in [3.05, 3.63) is 89.2 Å². The lowest BCUT2D eigenvalue weighted by molar-refractivity contribution is -0.127. The Morgan fingerprint density at radius 1 is 1.06 bits per heavy atom. The SMILES string of the molecule is COCc1ccc(C(=O)Nc2ccc(-c3nc(CNC(=O)[C@@H]4Cc5ccccc5O4)c(C)o3)cc2)o1. The predicted octanol–water partition coefficient (Wildman–Crippen LogP) is 4.26. The minimum atomic E-state index is -0.551. The van der Waals surface area contributed by atoms with Crippen LogP contribution < -0.4 is 15.4 Å². The Morgan fingerprint density at radius 2 is 1.86 bits per heavy atom. The predicted molar refractivity (Wildman–Crippen MR) is 130 cm³/mol. The van der Waals surface area contributed by atoms with Gasteiger partial charge in [-0.3, -0.25) is 9.59 Å². The highest BCUT2D eigenvalue weighted by Gasteiger charge is 2.28. The third-order valence-corrected chi connectivity index (χ3v) is 5.82. The minimum Gasteiger partial charge on any atom is -0.480 e. The molecule has 0 radical (unpaired) electrons. The fraction of sp³-hybridized carbons (Fsp3) is 0.222. The summed E-state index contributed by atoms with van der Waals surface area (Å²) in [6.45, 7) is 2.33. The highest BCUT2D eigenvalue weighted by molar-refractivity contribution is 6.02. The molecule has 1 aliphatic heterocycles. The number of benzene rings is 2. The molecule has 0 saturated heterocycles. The van der Waals surface area contributed by atoms with E-state index in [-0.39, 0.29) is 24.1 Å². The van der Waals surface area contributed by atoms with Crippen molar-refractivity contribution >= 4 is 17.5 Å². The number of nitrogens with one attached hydrogen (secondary N) is 2. The zero-order chi connectivity index (χ0) is 25.1. The minimum absolute atomic E-state index is 0.193. The number of methoxy groups -OCH3 is 1. The van der Waals surface area contributed by atoms with E-state index in [9.17, 15) is 9.59 Å². The molecule has 4 aromatic rings. The van der Waals surface area contributed by atoms with Crippen molar-refractivity contribution in [3.8, 4) is 17.2 Å². The van der Waals surface area contributed by atoms with Crippen molar-refractivity contribution in [1.29, 1.82) is 0 Å². The van der Waals surface area contributed by atoms with Gasteiger partial charge in [0.2, 0.25) is 5.89 Å². The van der Waals surface area contributed by atoms with Crippen LogP contribution in [0.25, 0.3) is 11.5 Å². The average Bonchev–Trinajstić information content (AvgIpc) is 3.61. The van der Waals surface area contributed by atoms with Crippen LogP contribution in [0.4, 0.5) is 5.69 Å². The van der Waals surface area contributed by atoms with Crippen LogP contribution >= 0.6 is 0 Å². The summed E-state index contributed by atoms with van der Waals surface area (Å²) in [5, 5.41) is 5.68. The van der Waals surface area contributed by atoms with E-state index in [0.717, 1.165) is 16.9 Å². The molecule has 0 fully saturated rings. The quantitative estimate of drug-likeness (QED) is 0.381. The van der Waals surface area contributed by atoms with Gasteiger partial charge in [0.05, 0.1) is 6.54 Å². The molecule has 184 valence electrons. The van der Waals surface area contributed by atoms with E-state index in [1.54, 1.807) is 50.4 Å². The highest BCUT2D eigenvalue weighted by atomic mass is 16.5. The van der Waals surface area contributed by atoms with E-state index < -0.39 is 6.10 Å². The number of oxazole rings is 1. The molecule has 9 heteroatoms. The summed E-state index contributed by atoms with van der Waals surface area (Å²) >= 11 is 0. The Kier molecular flexibility index (Phi) is 6.55. The number of carbonyl (C=O) groups is 2. The van der Waals surface area contributed by atoms with Gasteiger partial charge in [0.15, 0.2) is 11.9 Å². The summed E-state index contributed by atoms with van der Waals surface area (Å²) in [6.07, 6.45) is -0.00749. The van der Waals surface area contributed by atoms with Crippen LogP contribution in [0.2, 0.25) is 0 Å². The molecule has 2 amide bonds. The second kappa shape index (κ2) is 10.1. The van der Waals surface area contributed by atoms with Crippen LogP contribution in [-0.2, 0) is 29.1 Å². The Labute approximate surface area is 207 Å². The van der Waals surface area contributed by atoms with E-state index in [2.05, 4.69) is 15.6 Å². The molecular weight excluding hydrogens is 462 g/mol. The normalized spacial score (nSPS) is 14.2. The average molecular weight is 488 g/mol. The van der Waals surface area contributed by atoms with E-state index >= 15 is 0 Å². The number of hydrogen-bond donors (Lipinski definition) is 2. The van der Waals surface area contributed by atoms with Gasteiger partial charge in [0.1, 0.15) is 29.6 Å². The first-order valence-corrected chi connectivity index (χ1v) is 11.5. The van der Waals surface area contributed by atoms with Crippen molar-refractivity contribution in [2.24, 2.45) is 0 Å². The highest BCUT2D eigenvalue weighted by Crippen LogP contribution is 2.28. The first-order valence-electron chi connectivity index (χ1n) is 11.5. The molecular formula is C27H25N3O6. The van der Waals surface area contributed by atoms with Crippen LogP contribution in [0.3, 0.4) is 0 Å². The molecule has 5 rings (SSSR count). The Balaban J connectivity index is 1.18. The van der Waals surface area contributed by atoms with Crippen molar-refractivity contribution in [2.75, 3.05) is 12.4 Å². The molecule has 2 aromatic carbocycles. The van der Waals surface area contributed by atoms with Gasteiger partial charge in [0, 0.05) is 24.8 Å². The number of hydrogen-bond acceptors (Lipinski definition) is 7. The maximum Gasteiger partial charge on any atom is 0.291 e. The molecule has 2 aromatic heterocycles. The van der Waals surface area contributed by atoms with E-state index in [1.807, 2.05) is 24.3 Å². The lowest BCUT2D eigenvalue weighted by Crippen LogP contribution is -2.37. The number of aryl methyl sites for hydroxylation is 1. The molecule has 0 bridgehead atoms. The number of furan rings is 1. The number of aromatic nitrogens is 1. The molecule has 0 unspecified atom stereocenters. The van der Waals surface area contributed by atoms with E-state index in [0.29, 0.717) is 41.8 Å². The number of amides is 2.